The number of aldehydes is 1. The van der Waals surface area contributed by atoms with E-state index in [2.05, 4.69) is 42.6 Å². The Morgan fingerprint density at radius 2 is 1.71 bits per heavy atom. The van der Waals surface area contributed by atoms with Crippen molar-refractivity contribution in [2.24, 2.45) is 23.7 Å². The van der Waals surface area contributed by atoms with Crippen molar-refractivity contribution in [3.8, 4) is 0 Å². The predicted octanol–water partition coefficient (Wildman–Crippen LogP) is 5.13. The molecule has 1 saturated carbocycles. The van der Waals surface area contributed by atoms with Crippen LogP contribution in [0, 0.1) is 23.7 Å². The molecular weight excluding hydrogens is 574 g/mol. The third-order valence-corrected chi connectivity index (χ3v) is 9.18. The van der Waals surface area contributed by atoms with Crippen molar-refractivity contribution >= 4 is 12.4 Å². The number of alkyl carbamates (subject to hydrolysis) is 1. The molecule has 1 amide bonds. The molecule has 2 fully saturated rings. The lowest BCUT2D eigenvalue weighted by Gasteiger charge is -2.44. The minimum absolute atomic E-state index is 0.123. The third kappa shape index (κ3) is 15.7. The average molecular weight is 642 g/mol. The van der Waals surface area contributed by atoms with Gasteiger partial charge >= 0.3 is 6.09 Å². The smallest absolute Gasteiger partial charge is 0.407 e. The zero-order valence-electron chi connectivity index (χ0n) is 30.5. The molecule has 45 heavy (non-hydrogen) atoms. The maximum Gasteiger partial charge on any atom is 0.407 e. The molecule has 0 aromatic carbocycles. The number of aliphatic hydroxyl groups is 1. The quantitative estimate of drug-likeness (QED) is 0.175. The number of carbonyl (C=O) groups excluding carboxylic acids is 2. The van der Waals surface area contributed by atoms with Crippen LogP contribution in [0.5, 0.6) is 0 Å². The van der Waals surface area contributed by atoms with Gasteiger partial charge in [0.15, 0.2) is 6.29 Å². The molecule has 0 aromatic heterocycles. The zero-order valence-corrected chi connectivity index (χ0v) is 30.5. The highest BCUT2D eigenvalue weighted by molar-refractivity contribution is 5.68. The fraction of sp³-hybridized carbons (Fsp3) is 0.886. The fourth-order valence-electron chi connectivity index (χ4n) is 6.40. The summed E-state index contributed by atoms with van der Waals surface area (Å²) in [7, 11) is 9.74. The van der Waals surface area contributed by atoms with Crippen molar-refractivity contribution in [3.05, 3.63) is 12.2 Å². The van der Waals surface area contributed by atoms with Crippen LogP contribution >= 0.6 is 0 Å². The van der Waals surface area contributed by atoms with Crippen molar-refractivity contribution in [2.45, 2.75) is 129 Å². The van der Waals surface area contributed by atoms with Gasteiger partial charge in [0, 0.05) is 51.2 Å². The van der Waals surface area contributed by atoms with Crippen molar-refractivity contribution in [3.63, 3.8) is 0 Å². The number of nitrogens with one attached hydrogen (secondary N) is 1. The SMILES string of the molecule is C=C(C(C)C=O)[C@H](C)CC(C[C@@H](C)CN(C)C(COC)C1CC(NC(=O)OC(C)(C)C)C1)OC.CC1CC(N(C)C)CC(O)O1. The van der Waals surface area contributed by atoms with E-state index in [1.54, 1.807) is 14.2 Å². The number of hydrogen-bond donors (Lipinski definition) is 2. The number of allylic oxidation sites excluding steroid dienone is 1. The Hall–Kier alpha value is -1.56. The van der Waals surface area contributed by atoms with Crippen LogP contribution in [-0.2, 0) is 23.7 Å². The van der Waals surface area contributed by atoms with Crippen molar-refractivity contribution in [1.29, 1.82) is 0 Å². The second-order valence-electron chi connectivity index (χ2n) is 14.9. The first kappa shape index (κ1) is 41.5. The summed E-state index contributed by atoms with van der Waals surface area (Å²) in [5.74, 6) is 1.03. The normalized spacial score (nSPS) is 26.9. The van der Waals surface area contributed by atoms with E-state index in [9.17, 15) is 14.7 Å². The van der Waals surface area contributed by atoms with Crippen LogP contribution in [0.1, 0.15) is 87.0 Å². The van der Waals surface area contributed by atoms with Crippen molar-refractivity contribution in [2.75, 3.05) is 48.5 Å². The molecule has 0 bridgehead atoms. The number of amides is 1. The lowest BCUT2D eigenvalue weighted by molar-refractivity contribution is -0.172. The molecule has 264 valence electrons. The van der Waals surface area contributed by atoms with Gasteiger partial charge in [-0.2, -0.15) is 0 Å². The molecule has 1 aliphatic heterocycles. The Kier molecular flexibility index (Phi) is 18.4. The van der Waals surface area contributed by atoms with E-state index in [0.29, 0.717) is 30.5 Å². The molecule has 6 unspecified atom stereocenters. The number of rotatable bonds is 16. The fourth-order valence-corrected chi connectivity index (χ4v) is 6.40. The number of methoxy groups -OCH3 is 2. The van der Waals surface area contributed by atoms with Crippen LogP contribution in [0.2, 0.25) is 0 Å². The van der Waals surface area contributed by atoms with Gasteiger partial charge in [0.25, 0.3) is 0 Å². The van der Waals surface area contributed by atoms with Gasteiger partial charge in [-0.25, -0.2) is 4.79 Å². The van der Waals surface area contributed by atoms with E-state index in [1.807, 2.05) is 48.7 Å². The number of hydrogen-bond acceptors (Lipinski definition) is 9. The van der Waals surface area contributed by atoms with E-state index in [0.717, 1.165) is 56.9 Å². The average Bonchev–Trinajstić information content (AvgIpc) is 2.91. The van der Waals surface area contributed by atoms with Gasteiger partial charge in [-0.3, -0.25) is 0 Å². The van der Waals surface area contributed by atoms with E-state index in [4.69, 9.17) is 18.9 Å². The molecular formula is C35H67N3O7. The summed E-state index contributed by atoms with van der Waals surface area (Å²) in [6, 6.07) is 0.928. The van der Waals surface area contributed by atoms with Gasteiger partial charge in [-0.1, -0.05) is 32.9 Å². The highest BCUT2D eigenvalue weighted by atomic mass is 16.6. The third-order valence-electron chi connectivity index (χ3n) is 9.18. The van der Waals surface area contributed by atoms with Crippen LogP contribution in [0.3, 0.4) is 0 Å². The summed E-state index contributed by atoms with van der Waals surface area (Å²) >= 11 is 0. The van der Waals surface area contributed by atoms with E-state index >= 15 is 0 Å². The molecule has 10 heteroatoms. The topological polar surface area (TPSA) is 110 Å². The molecule has 8 atom stereocenters. The monoisotopic (exact) mass is 641 g/mol. The molecule has 2 rings (SSSR count). The van der Waals surface area contributed by atoms with Crippen LogP contribution in [0.15, 0.2) is 12.2 Å². The first-order chi connectivity index (χ1) is 20.9. The molecule has 10 nitrogen and oxygen atoms in total. The van der Waals surface area contributed by atoms with Crippen molar-refractivity contribution in [1.82, 2.24) is 15.1 Å². The summed E-state index contributed by atoms with van der Waals surface area (Å²) < 4.78 is 21.9. The lowest BCUT2D eigenvalue weighted by atomic mass is 9.75. The number of carbonyl (C=O) groups is 2. The second-order valence-corrected chi connectivity index (χ2v) is 14.9. The van der Waals surface area contributed by atoms with Gasteiger partial charge in [-0.05, 0) is 98.7 Å². The van der Waals surface area contributed by atoms with E-state index in [1.165, 1.54) is 0 Å². The standard InChI is InChI=1S/C27H50N2O5.C8H17NO2/c1-18(11-24(33-10)12-19(2)21(4)20(3)16-30)15-29(8)25(17-32-9)22-13-23(14-22)28-26(31)34-27(5,6)7;1-6-4-7(9(2)3)5-8(10)11-6/h16,18-20,22-25H,4,11-15,17H2,1-3,5-10H3,(H,28,31);6-8,10H,4-5H2,1-3H3/t18-,19-,20?,22?,23?,24?,25?;/m1./s1. The van der Waals surface area contributed by atoms with E-state index in [-0.39, 0.29) is 36.2 Å². The first-order valence-electron chi connectivity index (χ1n) is 16.8. The van der Waals surface area contributed by atoms with Crippen LogP contribution in [0.4, 0.5) is 4.79 Å². The molecule has 1 aliphatic carbocycles. The summed E-state index contributed by atoms with van der Waals surface area (Å²) in [5.41, 5.74) is 0.488. The maximum absolute atomic E-state index is 12.0. The van der Waals surface area contributed by atoms with Crippen LogP contribution in [0.25, 0.3) is 0 Å². The van der Waals surface area contributed by atoms with Gasteiger partial charge in [0.05, 0.1) is 18.8 Å². The molecule has 1 heterocycles. The van der Waals surface area contributed by atoms with Gasteiger partial charge in [0.1, 0.15) is 11.9 Å². The summed E-state index contributed by atoms with van der Waals surface area (Å²) in [6.45, 7) is 19.6. The number of ether oxygens (including phenoxy) is 4. The molecule has 2 N–H and O–H groups in total. The second kappa shape index (κ2) is 20.0. The lowest BCUT2D eigenvalue weighted by Crippen LogP contribution is -2.54. The minimum Gasteiger partial charge on any atom is -0.444 e. The Bertz CT molecular complexity index is 864. The number of nitrogens with zero attached hydrogens (tertiary/aromatic N) is 2. The van der Waals surface area contributed by atoms with Crippen molar-refractivity contribution < 1.29 is 33.6 Å². The predicted molar refractivity (Wildman–Crippen MR) is 180 cm³/mol. The molecule has 1 saturated heterocycles. The van der Waals surface area contributed by atoms with Gasteiger partial charge < -0.3 is 44.0 Å². The highest BCUT2D eigenvalue weighted by Crippen LogP contribution is 2.34. The van der Waals surface area contributed by atoms with Gasteiger partial charge in [0.2, 0.25) is 0 Å². The maximum atomic E-state index is 12.0. The Morgan fingerprint density at radius 1 is 1.09 bits per heavy atom. The summed E-state index contributed by atoms with van der Waals surface area (Å²) in [5, 5.41) is 12.2. The summed E-state index contributed by atoms with van der Waals surface area (Å²) in [6.07, 6.45) is 5.79. The van der Waals surface area contributed by atoms with Crippen LogP contribution in [-0.4, -0.2) is 118 Å². The molecule has 0 spiro atoms. The molecule has 0 aromatic rings. The van der Waals surface area contributed by atoms with Gasteiger partial charge in [-0.15, -0.1) is 0 Å². The largest absolute Gasteiger partial charge is 0.444 e. The highest BCUT2D eigenvalue weighted by Gasteiger charge is 2.38. The zero-order chi connectivity index (χ0) is 34.5. The Labute approximate surface area is 274 Å². The molecule has 0 radical (unpaired) electrons. The Balaban J connectivity index is 0.000000768. The van der Waals surface area contributed by atoms with E-state index < -0.39 is 11.9 Å². The number of aliphatic hydroxyl groups excluding tert-OH is 1. The minimum atomic E-state index is -0.564. The number of likely N-dealkylation sites (N-methyl/N-ethyl adjacent to an activating group) is 1. The Morgan fingerprint density at radius 3 is 2.20 bits per heavy atom. The first-order valence-corrected chi connectivity index (χ1v) is 16.8. The van der Waals surface area contributed by atoms with Crippen LogP contribution < -0.4 is 5.32 Å². The summed E-state index contributed by atoms with van der Waals surface area (Å²) in [4.78, 5) is 27.7. The molecule has 2 aliphatic rings.